The first-order valence-electron chi connectivity index (χ1n) is 12.1. The van der Waals surface area contributed by atoms with Crippen LogP contribution in [-0.4, -0.2) is 45.9 Å². The van der Waals surface area contributed by atoms with E-state index in [4.69, 9.17) is 14.7 Å². The zero-order valence-corrected chi connectivity index (χ0v) is 21.0. The van der Waals surface area contributed by atoms with Crippen molar-refractivity contribution in [2.75, 3.05) is 25.6 Å². The van der Waals surface area contributed by atoms with Gasteiger partial charge in [-0.15, -0.1) is 0 Å². The van der Waals surface area contributed by atoms with Gasteiger partial charge in [0.2, 0.25) is 0 Å². The second kappa shape index (κ2) is 9.02. The molecule has 1 saturated heterocycles. The molecule has 1 N–H and O–H groups in total. The Morgan fingerprint density at radius 2 is 1.89 bits per heavy atom. The Kier molecular flexibility index (Phi) is 5.90. The minimum Gasteiger partial charge on any atom is -0.373 e. The third kappa shape index (κ3) is 4.56. The molecule has 12 heteroatoms. The molecule has 2 fully saturated rings. The van der Waals surface area contributed by atoms with E-state index in [0.29, 0.717) is 52.7 Å². The monoisotopic (exact) mass is 532 g/mol. The number of alkyl halides is 3. The number of halogens is 4. The van der Waals surface area contributed by atoms with Gasteiger partial charge in [0.25, 0.3) is 0 Å². The van der Waals surface area contributed by atoms with Gasteiger partial charge in [0.15, 0.2) is 10.8 Å². The third-order valence-electron chi connectivity index (χ3n) is 6.85. The standard InChI is InChI=1S/C25H24F4N6OS/c1-35(2)24-33-23-21(37-24)20(15-6-5-14(10-17(15)26)25(27,28)29)31-22(32-23)13-7-8-36-18(9-13)16-11-30-34-19(16)12-3-4-12/h5-6,10-13,18H,3-4,7-9H2,1-2H3,(H,30,34)/t13-,18-/m1/s1. The van der Waals surface area contributed by atoms with Crippen LogP contribution in [0.15, 0.2) is 24.4 Å². The fourth-order valence-corrected chi connectivity index (χ4v) is 5.70. The van der Waals surface area contributed by atoms with E-state index in [1.165, 1.54) is 11.3 Å². The number of benzene rings is 1. The first kappa shape index (κ1) is 24.2. The van der Waals surface area contributed by atoms with Crippen molar-refractivity contribution in [2.24, 2.45) is 0 Å². The first-order valence-corrected chi connectivity index (χ1v) is 12.9. The average molecular weight is 533 g/mol. The van der Waals surface area contributed by atoms with Gasteiger partial charge in [-0.05, 0) is 43.9 Å². The molecule has 0 unspecified atom stereocenters. The van der Waals surface area contributed by atoms with Gasteiger partial charge in [0, 0.05) is 49.9 Å². The summed E-state index contributed by atoms with van der Waals surface area (Å²) in [6.45, 7) is 0.496. The van der Waals surface area contributed by atoms with Crippen LogP contribution in [0, 0.1) is 5.82 Å². The highest BCUT2D eigenvalue weighted by atomic mass is 32.1. The number of nitrogens with zero attached hydrogens (tertiary/aromatic N) is 5. The number of aromatic nitrogens is 5. The number of nitrogens with one attached hydrogen (secondary N) is 1. The van der Waals surface area contributed by atoms with Gasteiger partial charge in [0.1, 0.15) is 16.3 Å². The number of fused-ring (bicyclic) bond motifs is 1. The van der Waals surface area contributed by atoms with Gasteiger partial charge in [-0.3, -0.25) is 5.10 Å². The van der Waals surface area contributed by atoms with Crippen molar-refractivity contribution in [2.45, 2.75) is 49.8 Å². The Bertz CT molecular complexity index is 1460. The van der Waals surface area contributed by atoms with Gasteiger partial charge >= 0.3 is 6.18 Å². The molecule has 7 nitrogen and oxygen atoms in total. The van der Waals surface area contributed by atoms with Crippen molar-refractivity contribution in [3.8, 4) is 11.3 Å². The van der Waals surface area contributed by atoms with Gasteiger partial charge in [0.05, 0.1) is 23.1 Å². The molecule has 0 radical (unpaired) electrons. The normalized spacial score (nSPS) is 20.5. The van der Waals surface area contributed by atoms with Crippen LogP contribution in [-0.2, 0) is 10.9 Å². The Labute approximate surface area is 213 Å². The third-order valence-corrected chi connectivity index (χ3v) is 8.07. The lowest BCUT2D eigenvalue weighted by atomic mass is 9.90. The van der Waals surface area contributed by atoms with E-state index in [2.05, 4.69) is 15.2 Å². The summed E-state index contributed by atoms with van der Waals surface area (Å²) in [7, 11) is 3.66. The molecule has 37 heavy (non-hydrogen) atoms. The molecule has 4 aromatic rings. The summed E-state index contributed by atoms with van der Waals surface area (Å²) >= 11 is 1.28. The van der Waals surface area contributed by atoms with Crippen molar-refractivity contribution in [1.82, 2.24) is 25.1 Å². The fourth-order valence-electron chi connectivity index (χ4n) is 4.77. The highest BCUT2D eigenvalue weighted by molar-refractivity contribution is 7.22. The van der Waals surface area contributed by atoms with Crippen LogP contribution in [0.4, 0.5) is 22.7 Å². The van der Waals surface area contributed by atoms with Crippen molar-refractivity contribution >= 4 is 26.8 Å². The van der Waals surface area contributed by atoms with Gasteiger partial charge in [-0.1, -0.05) is 11.3 Å². The van der Waals surface area contributed by atoms with Crippen LogP contribution in [0.3, 0.4) is 0 Å². The molecule has 3 aromatic heterocycles. The van der Waals surface area contributed by atoms with Gasteiger partial charge < -0.3 is 9.64 Å². The SMILES string of the molecule is CN(C)c1nc2nc([C@@H]3CCO[C@@H](c4c[nH]nc4C4CC4)C3)nc(-c3ccc(C(F)(F)F)cc3F)c2s1. The second-order valence-corrected chi connectivity index (χ2v) is 10.7. The molecule has 4 heterocycles. The van der Waals surface area contributed by atoms with Crippen molar-refractivity contribution < 1.29 is 22.3 Å². The van der Waals surface area contributed by atoms with Gasteiger partial charge in [-0.2, -0.15) is 23.3 Å². The summed E-state index contributed by atoms with van der Waals surface area (Å²) in [5, 5.41) is 8.04. The van der Waals surface area contributed by atoms with E-state index in [9.17, 15) is 13.2 Å². The number of thiazole rings is 1. The number of anilines is 1. The van der Waals surface area contributed by atoms with E-state index in [0.717, 1.165) is 36.2 Å². The molecular weight excluding hydrogens is 508 g/mol. The Balaban J connectivity index is 1.42. The summed E-state index contributed by atoms with van der Waals surface area (Å²) in [5.74, 6) is -0.127. The van der Waals surface area contributed by atoms with Crippen LogP contribution < -0.4 is 4.90 Å². The molecule has 1 aromatic carbocycles. The molecule has 2 atom stereocenters. The zero-order valence-electron chi connectivity index (χ0n) is 20.1. The lowest BCUT2D eigenvalue weighted by Gasteiger charge is -2.29. The number of H-pyrrole nitrogens is 1. The molecule has 0 spiro atoms. The fraction of sp³-hybridized carbons (Fsp3) is 0.440. The Morgan fingerprint density at radius 3 is 2.59 bits per heavy atom. The predicted molar refractivity (Wildman–Crippen MR) is 131 cm³/mol. The number of hydrogen-bond acceptors (Lipinski definition) is 7. The molecule has 1 aliphatic heterocycles. The molecule has 194 valence electrons. The van der Waals surface area contributed by atoms with Crippen molar-refractivity contribution in [1.29, 1.82) is 0 Å². The topological polar surface area (TPSA) is 79.8 Å². The minimum absolute atomic E-state index is 0.00919. The Hall–Kier alpha value is -3.12. The lowest BCUT2D eigenvalue weighted by Crippen LogP contribution is -2.21. The smallest absolute Gasteiger partial charge is 0.373 e. The largest absolute Gasteiger partial charge is 0.416 e. The van der Waals surface area contributed by atoms with Crippen molar-refractivity contribution in [3.05, 3.63) is 52.9 Å². The number of hydrogen-bond donors (Lipinski definition) is 1. The maximum absolute atomic E-state index is 15.1. The van der Waals surface area contributed by atoms with Crippen LogP contribution in [0.2, 0.25) is 0 Å². The van der Waals surface area contributed by atoms with Crippen molar-refractivity contribution in [3.63, 3.8) is 0 Å². The zero-order chi connectivity index (χ0) is 25.9. The highest BCUT2D eigenvalue weighted by Gasteiger charge is 2.35. The summed E-state index contributed by atoms with van der Waals surface area (Å²) in [4.78, 5) is 15.9. The molecule has 0 amide bonds. The maximum Gasteiger partial charge on any atom is 0.416 e. The quantitative estimate of drug-likeness (QED) is 0.308. The molecule has 1 aliphatic carbocycles. The van der Waals surface area contributed by atoms with E-state index in [-0.39, 0.29) is 23.3 Å². The average Bonchev–Trinajstić information content (AvgIpc) is 3.41. The molecule has 6 rings (SSSR count). The summed E-state index contributed by atoms with van der Waals surface area (Å²) in [5.41, 5.74) is 1.69. The maximum atomic E-state index is 15.1. The predicted octanol–water partition coefficient (Wildman–Crippen LogP) is 6.21. The number of aromatic amines is 1. The lowest BCUT2D eigenvalue weighted by molar-refractivity contribution is -0.137. The van der Waals surface area contributed by atoms with Gasteiger partial charge in [-0.25, -0.2) is 14.4 Å². The van der Waals surface area contributed by atoms with E-state index < -0.39 is 17.6 Å². The summed E-state index contributed by atoms with van der Waals surface area (Å²) < 4.78 is 61.2. The second-order valence-electron chi connectivity index (χ2n) is 9.75. The molecule has 0 bridgehead atoms. The molecule has 2 aliphatic rings. The molecule has 1 saturated carbocycles. The minimum atomic E-state index is -4.64. The van der Waals surface area contributed by atoms with E-state index in [1.807, 2.05) is 25.2 Å². The van der Waals surface area contributed by atoms with Crippen LogP contribution >= 0.6 is 11.3 Å². The van der Waals surface area contributed by atoms with Crippen LogP contribution in [0.5, 0.6) is 0 Å². The number of ether oxygens (including phenoxy) is 1. The highest BCUT2D eigenvalue weighted by Crippen LogP contribution is 2.46. The van der Waals surface area contributed by atoms with Crippen LogP contribution in [0.25, 0.3) is 21.6 Å². The molecular formula is C25H24F4N6OS. The Morgan fingerprint density at radius 1 is 1.08 bits per heavy atom. The van der Waals surface area contributed by atoms with E-state index in [1.54, 1.807) is 0 Å². The van der Waals surface area contributed by atoms with E-state index >= 15 is 4.39 Å². The van der Waals surface area contributed by atoms with Crippen LogP contribution in [0.1, 0.15) is 66.3 Å². The number of rotatable bonds is 5. The first-order chi connectivity index (χ1) is 17.7. The summed E-state index contributed by atoms with van der Waals surface area (Å²) in [6.07, 6.45) is 0.589. The summed E-state index contributed by atoms with van der Waals surface area (Å²) in [6, 6.07) is 2.53.